The summed E-state index contributed by atoms with van der Waals surface area (Å²) in [6.45, 7) is 3.76. The summed E-state index contributed by atoms with van der Waals surface area (Å²) in [4.78, 5) is 11.3. The Balaban J connectivity index is -0.000000665. The van der Waals surface area contributed by atoms with Crippen molar-refractivity contribution in [1.29, 1.82) is 0 Å². The van der Waals surface area contributed by atoms with Crippen LogP contribution >= 0.6 is 0 Å². The predicted molar refractivity (Wildman–Crippen MR) is 88.1 cm³/mol. The number of halogens is 1. The SMILES string of the molecule is C.C#C.CC.CNC(=O)N(N)c1ccc(F)cc1OCCO. The van der Waals surface area contributed by atoms with Crippen LogP contribution in [0.5, 0.6) is 5.75 Å². The summed E-state index contributed by atoms with van der Waals surface area (Å²) < 4.78 is 18.1. The van der Waals surface area contributed by atoms with Crippen molar-refractivity contribution < 1.29 is 19.0 Å². The lowest BCUT2D eigenvalue weighted by Gasteiger charge is -2.19. The highest BCUT2D eigenvalue weighted by atomic mass is 19.1. The highest BCUT2D eigenvalue weighted by Gasteiger charge is 2.15. The minimum absolute atomic E-state index is 0. The average molecular weight is 315 g/mol. The monoisotopic (exact) mass is 315 g/mol. The highest BCUT2D eigenvalue weighted by molar-refractivity contribution is 5.92. The summed E-state index contributed by atoms with van der Waals surface area (Å²) in [5.41, 5.74) is 0.208. The van der Waals surface area contributed by atoms with E-state index >= 15 is 0 Å². The second-order valence-electron chi connectivity index (χ2n) is 3.11. The molecule has 22 heavy (non-hydrogen) atoms. The third-order valence-corrected chi connectivity index (χ3v) is 1.96. The van der Waals surface area contributed by atoms with Crippen LogP contribution in [-0.2, 0) is 0 Å². The maximum atomic E-state index is 13.0. The van der Waals surface area contributed by atoms with E-state index in [2.05, 4.69) is 18.2 Å². The quantitative estimate of drug-likeness (QED) is 0.344. The zero-order valence-corrected chi connectivity index (χ0v) is 12.5. The van der Waals surface area contributed by atoms with Crippen LogP contribution in [0.15, 0.2) is 18.2 Å². The lowest BCUT2D eigenvalue weighted by Crippen LogP contribution is -2.43. The van der Waals surface area contributed by atoms with Crippen molar-refractivity contribution in [2.75, 3.05) is 25.3 Å². The number of nitrogens with one attached hydrogen (secondary N) is 1. The molecule has 4 N–H and O–H groups in total. The van der Waals surface area contributed by atoms with Gasteiger partial charge in [-0.2, -0.15) is 0 Å². The minimum atomic E-state index is -0.564. The van der Waals surface area contributed by atoms with Gasteiger partial charge in [-0.1, -0.05) is 21.3 Å². The van der Waals surface area contributed by atoms with Crippen LogP contribution in [0, 0.1) is 18.7 Å². The largest absolute Gasteiger partial charge is 0.489 e. The fourth-order valence-electron chi connectivity index (χ4n) is 1.19. The number of hydrogen-bond donors (Lipinski definition) is 3. The zero-order chi connectivity index (χ0) is 16.8. The molecule has 0 unspecified atom stereocenters. The number of urea groups is 1. The zero-order valence-electron chi connectivity index (χ0n) is 12.5. The fraction of sp³-hybridized carbons (Fsp3) is 0.400. The van der Waals surface area contributed by atoms with E-state index in [0.29, 0.717) is 0 Å². The lowest BCUT2D eigenvalue weighted by molar-refractivity contribution is 0.201. The number of amides is 2. The number of aliphatic hydroxyl groups excluding tert-OH is 1. The highest BCUT2D eigenvalue weighted by Crippen LogP contribution is 2.27. The number of hydrogen-bond acceptors (Lipinski definition) is 4. The van der Waals surface area contributed by atoms with Crippen LogP contribution in [-0.4, -0.2) is 31.4 Å². The van der Waals surface area contributed by atoms with Crippen LogP contribution in [0.2, 0.25) is 0 Å². The maximum Gasteiger partial charge on any atom is 0.336 e. The van der Waals surface area contributed by atoms with Crippen molar-refractivity contribution in [1.82, 2.24) is 5.32 Å². The maximum absolute atomic E-state index is 13.0. The van der Waals surface area contributed by atoms with Gasteiger partial charge in [0.25, 0.3) is 0 Å². The Bertz CT molecular complexity index is 439. The molecule has 6 nitrogen and oxygen atoms in total. The number of nitrogens with two attached hydrogens (primary N) is 1. The van der Waals surface area contributed by atoms with Gasteiger partial charge < -0.3 is 15.2 Å². The Morgan fingerprint density at radius 3 is 2.45 bits per heavy atom. The molecule has 0 aliphatic rings. The van der Waals surface area contributed by atoms with Gasteiger partial charge in [-0.15, -0.1) is 12.8 Å². The summed E-state index contributed by atoms with van der Waals surface area (Å²) in [6, 6.07) is 3.00. The van der Waals surface area contributed by atoms with E-state index in [1.165, 1.54) is 13.1 Å². The first-order valence-electron chi connectivity index (χ1n) is 6.23. The molecule has 1 rings (SSSR count). The number of anilines is 1. The third kappa shape index (κ3) is 8.09. The van der Waals surface area contributed by atoms with E-state index in [1.54, 1.807) is 0 Å². The van der Waals surface area contributed by atoms with Crippen molar-refractivity contribution in [2.45, 2.75) is 21.3 Å². The topological polar surface area (TPSA) is 87.8 Å². The molecular weight excluding hydrogens is 289 g/mol. The molecule has 0 bridgehead atoms. The number of carbonyl (C=O) groups is 1. The Morgan fingerprint density at radius 2 is 2.00 bits per heavy atom. The summed E-state index contributed by atoms with van der Waals surface area (Å²) in [5, 5.41) is 11.8. The summed E-state index contributed by atoms with van der Waals surface area (Å²) in [5.74, 6) is 5.09. The number of benzene rings is 1. The minimum Gasteiger partial charge on any atom is -0.489 e. The van der Waals surface area contributed by atoms with Crippen LogP contribution in [0.4, 0.5) is 14.9 Å². The molecule has 7 heteroatoms. The Hall–Kier alpha value is -2.30. The molecule has 1 aromatic carbocycles. The molecule has 0 aliphatic heterocycles. The molecule has 0 heterocycles. The number of carbonyl (C=O) groups excluding carboxylic acids is 1. The van der Waals surface area contributed by atoms with Gasteiger partial charge in [0.2, 0.25) is 0 Å². The van der Waals surface area contributed by atoms with Gasteiger partial charge in [-0.05, 0) is 12.1 Å². The fourth-order valence-corrected chi connectivity index (χ4v) is 1.19. The molecule has 2 amide bonds. The van der Waals surface area contributed by atoms with Gasteiger partial charge in [0.1, 0.15) is 23.9 Å². The molecule has 0 radical (unpaired) electrons. The van der Waals surface area contributed by atoms with Gasteiger partial charge in [0.05, 0.1) is 6.61 Å². The van der Waals surface area contributed by atoms with Crippen LogP contribution in [0.1, 0.15) is 21.3 Å². The number of aliphatic hydroxyl groups is 1. The predicted octanol–water partition coefficient (Wildman–Crippen LogP) is 2.13. The Morgan fingerprint density at radius 1 is 1.45 bits per heavy atom. The van der Waals surface area contributed by atoms with Gasteiger partial charge in [-0.25, -0.2) is 20.0 Å². The van der Waals surface area contributed by atoms with Crippen LogP contribution in [0.3, 0.4) is 0 Å². The summed E-state index contributed by atoms with van der Waals surface area (Å²) in [6.07, 6.45) is 8.00. The average Bonchev–Trinajstić information content (AvgIpc) is 2.55. The van der Waals surface area contributed by atoms with Crippen molar-refractivity contribution >= 4 is 11.7 Å². The molecule has 0 aliphatic carbocycles. The van der Waals surface area contributed by atoms with Gasteiger partial charge in [0, 0.05) is 13.1 Å². The van der Waals surface area contributed by atoms with E-state index in [9.17, 15) is 9.18 Å². The Kier molecular flexibility index (Phi) is 16.9. The second kappa shape index (κ2) is 15.1. The molecule has 0 aromatic heterocycles. The normalized spacial score (nSPS) is 8.00. The van der Waals surface area contributed by atoms with E-state index in [-0.39, 0.29) is 32.1 Å². The van der Waals surface area contributed by atoms with Gasteiger partial charge in [-0.3, -0.25) is 0 Å². The number of hydrazine groups is 1. The van der Waals surface area contributed by atoms with Crippen LogP contribution in [0.25, 0.3) is 0 Å². The molecule has 0 spiro atoms. The molecule has 126 valence electrons. The number of ether oxygens (including phenoxy) is 1. The van der Waals surface area contributed by atoms with E-state index in [0.717, 1.165) is 17.1 Å². The molecule has 0 saturated heterocycles. The molecule has 0 fully saturated rings. The third-order valence-electron chi connectivity index (χ3n) is 1.96. The smallest absolute Gasteiger partial charge is 0.336 e. The lowest BCUT2D eigenvalue weighted by atomic mass is 10.2. The summed E-state index contributed by atoms with van der Waals surface area (Å²) >= 11 is 0. The molecule has 1 aromatic rings. The number of nitrogens with zero attached hydrogens (tertiary/aromatic N) is 1. The van der Waals surface area contributed by atoms with E-state index < -0.39 is 11.8 Å². The van der Waals surface area contributed by atoms with Crippen molar-refractivity contribution in [3.8, 4) is 18.6 Å². The number of terminal acetylenes is 1. The first-order chi connectivity index (χ1) is 10.1. The first-order valence-corrected chi connectivity index (χ1v) is 6.23. The first kappa shape index (κ1) is 24.7. The molecule has 0 atom stereocenters. The van der Waals surface area contributed by atoms with Gasteiger partial charge >= 0.3 is 6.03 Å². The number of rotatable bonds is 4. The van der Waals surface area contributed by atoms with Crippen LogP contribution < -0.4 is 20.9 Å². The van der Waals surface area contributed by atoms with Crippen molar-refractivity contribution in [3.63, 3.8) is 0 Å². The Labute approximate surface area is 132 Å². The van der Waals surface area contributed by atoms with Crippen molar-refractivity contribution in [3.05, 3.63) is 24.0 Å². The van der Waals surface area contributed by atoms with E-state index in [1.807, 2.05) is 13.8 Å². The standard InChI is InChI=1S/C10H14FN3O3.C2H6.C2H2.CH4/c1-13-10(16)14(12)8-3-2-7(11)6-9(8)17-5-4-15;2*1-2;/h2-3,6,15H,4-5,12H2,1H3,(H,13,16);1-2H3;1-2H;1H4. The molecule has 0 saturated carbocycles. The summed E-state index contributed by atoms with van der Waals surface area (Å²) in [7, 11) is 1.42. The van der Waals surface area contributed by atoms with E-state index in [4.69, 9.17) is 15.7 Å². The van der Waals surface area contributed by atoms with Crippen molar-refractivity contribution in [2.24, 2.45) is 5.84 Å². The second-order valence-corrected chi connectivity index (χ2v) is 3.11. The molecular formula is C15H26FN3O3. The van der Waals surface area contributed by atoms with Gasteiger partial charge in [0.15, 0.2) is 0 Å².